The summed E-state index contributed by atoms with van der Waals surface area (Å²) >= 11 is 0. The number of piperidine rings is 1. The first-order valence-electron chi connectivity index (χ1n) is 10.0. The Kier molecular flexibility index (Phi) is 3.76. The maximum atomic E-state index is 12.9. The van der Waals surface area contributed by atoms with Gasteiger partial charge in [0.2, 0.25) is 0 Å². The lowest BCUT2D eigenvalue weighted by Crippen LogP contribution is -2.45. The first-order chi connectivity index (χ1) is 13.5. The van der Waals surface area contributed by atoms with Crippen molar-refractivity contribution < 1.29 is 14.4 Å². The summed E-state index contributed by atoms with van der Waals surface area (Å²) in [5.74, 6) is -0.0326. The van der Waals surface area contributed by atoms with Gasteiger partial charge in [0.1, 0.15) is 11.7 Å². The lowest BCUT2D eigenvalue weighted by atomic mass is 9.76. The van der Waals surface area contributed by atoms with Gasteiger partial charge in [0.25, 0.3) is 11.8 Å². The predicted molar refractivity (Wildman–Crippen MR) is 104 cm³/mol. The van der Waals surface area contributed by atoms with Gasteiger partial charge in [-0.1, -0.05) is 18.2 Å². The molecule has 3 aliphatic rings. The van der Waals surface area contributed by atoms with E-state index in [4.69, 9.17) is 0 Å². The highest BCUT2D eigenvalue weighted by Crippen LogP contribution is 2.46. The van der Waals surface area contributed by atoms with Crippen LogP contribution in [0.4, 0.5) is 4.79 Å². The Balaban J connectivity index is 1.27. The highest BCUT2D eigenvalue weighted by molar-refractivity contribution is 6.04. The summed E-state index contributed by atoms with van der Waals surface area (Å²) in [4.78, 5) is 46.1. The smallest absolute Gasteiger partial charge is 0.327 e. The molecule has 7 nitrogen and oxygen atoms in total. The molecular weight excluding hydrogens is 356 g/mol. The molecular formula is C21H24N4O3. The molecule has 1 spiro atoms. The molecule has 0 bridgehead atoms. The van der Waals surface area contributed by atoms with Crippen molar-refractivity contribution in [3.63, 3.8) is 0 Å². The highest BCUT2D eigenvalue weighted by Gasteiger charge is 2.56. The van der Waals surface area contributed by atoms with E-state index in [2.05, 4.69) is 4.98 Å². The minimum absolute atomic E-state index is 0.0221. The van der Waals surface area contributed by atoms with Crippen molar-refractivity contribution in [2.75, 3.05) is 26.2 Å². The van der Waals surface area contributed by atoms with Crippen LogP contribution < -0.4 is 0 Å². The number of likely N-dealkylation sites (tertiary alicyclic amines) is 1. The van der Waals surface area contributed by atoms with Crippen LogP contribution in [0.25, 0.3) is 10.9 Å². The Bertz CT molecular complexity index is 914. The van der Waals surface area contributed by atoms with E-state index >= 15 is 0 Å². The van der Waals surface area contributed by atoms with Crippen LogP contribution >= 0.6 is 0 Å². The van der Waals surface area contributed by atoms with Gasteiger partial charge in [0.15, 0.2) is 0 Å². The molecule has 3 saturated heterocycles. The van der Waals surface area contributed by atoms with Crippen LogP contribution in [0, 0.1) is 5.41 Å². The van der Waals surface area contributed by atoms with Gasteiger partial charge in [-0.2, -0.15) is 0 Å². The molecule has 7 heteroatoms. The highest BCUT2D eigenvalue weighted by atomic mass is 16.2. The second-order valence-corrected chi connectivity index (χ2v) is 8.28. The number of aromatic amines is 1. The second-order valence-electron chi connectivity index (χ2n) is 8.28. The molecule has 0 radical (unpaired) electrons. The standard InChI is InChI=1S/C21H24N4O3/c1-2-24-19(27)17-12-21(13-25(17)20(24)28)7-9-23(10-8-21)18(26)16-11-14-5-3-4-6-15(14)22-16/h3-6,11,17,22H,2,7-10,12-13H2,1H3. The average molecular weight is 380 g/mol. The van der Waals surface area contributed by atoms with E-state index in [1.165, 1.54) is 4.90 Å². The molecule has 1 aromatic carbocycles. The summed E-state index contributed by atoms with van der Waals surface area (Å²) in [6, 6.07) is 9.33. The monoisotopic (exact) mass is 380 g/mol. The molecule has 1 N–H and O–H groups in total. The lowest BCUT2D eigenvalue weighted by Gasteiger charge is -2.39. The fourth-order valence-corrected chi connectivity index (χ4v) is 5.10. The maximum Gasteiger partial charge on any atom is 0.327 e. The van der Waals surface area contributed by atoms with Crippen molar-refractivity contribution in [1.29, 1.82) is 0 Å². The van der Waals surface area contributed by atoms with E-state index < -0.39 is 0 Å². The van der Waals surface area contributed by atoms with Gasteiger partial charge in [0, 0.05) is 37.1 Å². The minimum Gasteiger partial charge on any atom is -0.351 e. The third-order valence-corrected chi connectivity index (χ3v) is 6.72. The molecule has 4 heterocycles. The van der Waals surface area contributed by atoms with E-state index in [-0.39, 0.29) is 29.3 Å². The van der Waals surface area contributed by atoms with Gasteiger partial charge in [-0.15, -0.1) is 0 Å². The zero-order valence-electron chi connectivity index (χ0n) is 16.0. The third-order valence-electron chi connectivity index (χ3n) is 6.72. The number of hydrogen-bond donors (Lipinski definition) is 1. The fourth-order valence-electron chi connectivity index (χ4n) is 5.10. The summed E-state index contributed by atoms with van der Waals surface area (Å²) in [5.41, 5.74) is 1.55. The summed E-state index contributed by atoms with van der Waals surface area (Å²) in [5, 5.41) is 1.04. The van der Waals surface area contributed by atoms with Crippen LogP contribution in [-0.4, -0.2) is 69.8 Å². The number of aromatic nitrogens is 1. The molecule has 3 fully saturated rings. The quantitative estimate of drug-likeness (QED) is 0.813. The molecule has 1 atom stereocenters. The number of urea groups is 1. The number of H-pyrrole nitrogens is 1. The van der Waals surface area contributed by atoms with Crippen LogP contribution in [-0.2, 0) is 4.79 Å². The number of likely N-dealkylation sites (N-methyl/N-ethyl adjacent to an activating group) is 1. The molecule has 28 heavy (non-hydrogen) atoms. The summed E-state index contributed by atoms with van der Waals surface area (Å²) in [6.45, 7) is 4.22. The Morgan fingerprint density at radius 1 is 1.21 bits per heavy atom. The number of carbonyl (C=O) groups is 3. The van der Waals surface area contributed by atoms with Crippen molar-refractivity contribution in [3.05, 3.63) is 36.0 Å². The van der Waals surface area contributed by atoms with Gasteiger partial charge < -0.3 is 14.8 Å². The Morgan fingerprint density at radius 2 is 1.96 bits per heavy atom. The second kappa shape index (κ2) is 6.09. The largest absolute Gasteiger partial charge is 0.351 e. The van der Waals surface area contributed by atoms with E-state index in [1.807, 2.05) is 42.2 Å². The molecule has 0 saturated carbocycles. The Labute approximate surface area is 163 Å². The fraction of sp³-hybridized carbons (Fsp3) is 0.476. The van der Waals surface area contributed by atoms with E-state index in [0.29, 0.717) is 31.9 Å². The zero-order valence-corrected chi connectivity index (χ0v) is 16.0. The normalized spacial score (nSPS) is 23.9. The number of nitrogens with zero attached hydrogens (tertiary/aromatic N) is 3. The maximum absolute atomic E-state index is 12.9. The predicted octanol–water partition coefficient (Wildman–Crippen LogP) is 2.45. The molecule has 1 aromatic heterocycles. The van der Waals surface area contributed by atoms with Crippen molar-refractivity contribution in [3.8, 4) is 0 Å². The van der Waals surface area contributed by atoms with Crippen molar-refractivity contribution in [2.45, 2.75) is 32.2 Å². The summed E-state index contributed by atoms with van der Waals surface area (Å²) in [7, 11) is 0. The van der Waals surface area contributed by atoms with Crippen molar-refractivity contribution in [1.82, 2.24) is 19.7 Å². The van der Waals surface area contributed by atoms with Crippen molar-refractivity contribution in [2.24, 2.45) is 5.41 Å². The minimum atomic E-state index is -0.302. The van der Waals surface area contributed by atoms with Gasteiger partial charge in [-0.05, 0) is 43.7 Å². The molecule has 0 aliphatic carbocycles. The van der Waals surface area contributed by atoms with Crippen LogP contribution in [0.5, 0.6) is 0 Å². The third kappa shape index (κ3) is 2.45. The summed E-state index contributed by atoms with van der Waals surface area (Å²) in [6.07, 6.45) is 2.39. The number of fused-ring (bicyclic) bond motifs is 2. The molecule has 4 amide bonds. The number of nitrogens with one attached hydrogen (secondary N) is 1. The first-order valence-corrected chi connectivity index (χ1v) is 10.0. The van der Waals surface area contributed by atoms with Crippen LogP contribution in [0.15, 0.2) is 30.3 Å². The first kappa shape index (κ1) is 17.3. The van der Waals surface area contributed by atoms with Crippen LogP contribution in [0.3, 0.4) is 0 Å². The molecule has 2 aromatic rings. The molecule has 3 aliphatic heterocycles. The van der Waals surface area contributed by atoms with Crippen molar-refractivity contribution >= 4 is 28.7 Å². The molecule has 5 rings (SSSR count). The number of rotatable bonds is 2. The topological polar surface area (TPSA) is 76.7 Å². The van der Waals surface area contributed by atoms with E-state index in [1.54, 1.807) is 4.90 Å². The zero-order chi connectivity index (χ0) is 19.5. The number of amides is 4. The molecule has 146 valence electrons. The number of imide groups is 1. The number of carbonyl (C=O) groups excluding carboxylic acids is 3. The number of hydrogen-bond acceptors (Lipinski definition) is 3. The Hall–Kier alpha value is -2.83. The van der Waals surface area contributed by atoms with Crippen LogP contribution in [0.1, 0.15) is 36.7 Å². The van der Waals surface area contributed by atoms with Gasteiger partial charge in [-0.3, -0.25) is 14.5 Å². The average Bonchev–Trinajstić information content (AvgIpc) is 3.35. The number of benzene rings is 1. The SMILES string of the molecule is CCN1C(=O)C2CC3(CCN(C(=O)c4cc5ccccc5[nH]4)CC3)CN2C1=O. The van der Waals surface area contributed by atoms with E-state index in [0.717, 1.165) is 30.2 Å². The van der Waals surface area contributed by atoms with Gasteiger partial charge >= 0.3 is 6.03 Å². The summed E-state index contributed by atoms with van der Waals surface area (Å²) < 4.78 is 0. The van der Waals surface area contributed by atoms with E-state index in [9.17, 15) is 14.4 Å². The Morgan fingerprint density at radius 3 is 2.64 bits per heavy atom. The molecule has 1 unspecified atom stereocenters. The van der Waals surface area contributed by atoms with Gasteiger partial charge in [0.05, 0.1) is 0 Å². The lowest BCUT2D eigenvalue weighted by molar-refractivity contribution is -0.128. The van der Waals surface area contributed by atoms with Crippen LogP contribution in [0.2, 0.25) is 0 Å². The van der Waals surface area contributed by atoms with Gasteiger partial charge in [-0.25, -0.2) is 4.79 Å². The number of para-hydroxylation sites is 1.